The Bertz CT molecular complexity index is 1850. The van der Waals surface area contributed by atoms with Crippen molar-refractivity contribution in [3.05, 3.63) is 109 Å². The minimum atomic E-state index is 0.473. The van der Waals surface area contributed by atoms with Crippen LogP contribution in [0.1, 0.15) is 25.3 Å². The van der Waals surface area contributed by atoms with Crippen molar-refractivity contribution >= 4 is 54.3 Å². The molecule has 1 aromatic heterocycles. The Labute approximate surface area is 198 Å². The molecule has 0 bridgehead atoms. The SMILES string of the molecule is CC(C)c1ccc2c(c1)oc1cccc(-c3ccc4c5ccccc5c5ccccc5c4c3)c12. The zero-order valence-electron chi connectivity index (χ0n) is 19.3. The van der Waals surface area contributed by atoms with Gasteiger partial charge in [0, 0.05) is 10.8 Å². The molecule has 1 heterocycles. The van der Waals surface area contributed by atoms with Crippen molar-refractivity contribution < 1.29 is 4.42 Å². The first-order valence-corrected chi connectivity index (χ1v) is 12.0. The van der Waals surface area contributed by atoms with Crippen molar-refractivity contribution in [3.8, 4) is 11.1 Å². The highest BCUT2D eigenvalue weighted by Crippen LogP contribution is 2.41. The maximum absolute atomic E-state index is 6.32. The zero-order chi connectivity index (χ0) is 22.8. The van der Waals surface area contributed by atoms with E-state index >= 15 is 0 Å². The van der Waals surface area contributed by atoms with Gasteiger partial charge in [0.25, 0.3) is 0 Å². The lowest BCUT2D eigenvalue weighted by atomic mass is 9.91. The lowest BCUT2D eigenvalue weighted by molar-refractivity contribution is 0.667. The topological polar surface area (TPSA) is 13.1 Å². The van der Waals surface area contributed by atoms with Crippen molar-refractivity contribution in [1.82, 2.24) is 0 Å². The van der Waals surface area contributed by atoms with Gasteiger partial charge in [0.05, 0.1) is 0 Å². The minimum absolute atomic E-state index is 0.473. The first-order chi connectivity index (χ1) is 16.7. The van der Waals surface area contributed by atoms with Crippen LogP contribution in [0, 0.1) is 0 Å². The van der Waals surface area contributed by atoms with Crippen LogP contribution < -0.4 is 0 Å². The van der Waals surface area contributed by atoms with Crippen molar-refractivity contribution in [2.75, 3.05) is 0 Å². The summed E-state index contributed by atoms with van der Waals surface area (Å²) in [5.74, 6) is 0.473. The highest BCUT2D eigenvalue weighted by Gasteiger charge is 2.15. The molecule has 1 nitrogen and oxygen atoms in total. The summed E-state index contributed by atoms with van der Waals surface area (Å²) in [5, 5.41) is 10.2. The average Bonchev–Trinajstić information content (AvgIpc) is 3.26. The molecule has 0 radical (unpaired) electrons. The van der Waals surface area contributed by atoms with Crippen LogP contribution in [0.5, 0.6) is 0 Å². The highest BCUT2D eigenvalue weighted by atomic mass is 16.3. The molecule has 162 valence electrons. The molecule has 34 heavy (non-hydrogen) atoms. The van der Waals surface area contributed by atoms with E-state index in [4.69, 9.17) is 4.42 Å². The molecule has 0 aliphatic heterocycles. The Balaban J connectivity index is 1.55. The summed E-state index contributed by atoms with van der Waals surface area (Å²) in [5.41, 5.74) is 5.64. The highest BCUT2D eigenvalue weighted by molar-refractivity contribution is 6.26. The molecule has 0 spiro atoms. The Morgan fingerprint density at radius 3 is 1.79 bits per heavy atom. The van der Waals surface area contributed by atoms with Gasteiger partial charge >= 0.3 is 0 Å². The molecule has 0 amide bonds. The molecule has 7 aromatic rings. The van der Waals surface area contributed by atoms with Gasteiger partial charge in [-0.1, -0.05) is 98.8 Å². The van der Waals surface area contributed by atoms with Crippen LogP contribution in [0.4, 0.5) is 0 Å². The van der Waals surface area contributed by atoms with Gasteiger partial charge in [-0.3, -0.25) is 0 Å². The van der Waals surface area contributed by atoms with Crippen molar-refractivity contribution in [2.45, 2.75) is 19.8 Å². The number of fused-ring (bicyclic) bond motifs is 9. The van der Waals surface area contributed by atoms with Crippen LogP contribution in [0.3, 0.4) is 0 Å². The fourth-order valence-electron chi connectivity index (χ4n) is 5.52. The molecule has 0 fully saturated rings. The number of hydrogen-bond donors (Lipinski definition) is 0. The van der Waals surface area contributed by atoms with Gasteiger partial charge in [-0.2, -0.15) is 0 Å². The lowest BCUT2D eigenvalue weighted by Crippen LogP contribution is -1.86. The molecule has 7 rings (SSSR count). The smallest absolute Gasteiger partial charge is 0.136 e. The molecule has 0 aliphatic carbocycles. The number of hydrogen-bond acceptors (Lipinski definition) is 1. The van der Waals surface area contributed by atoms with Crippen molar-refractivity contribution in [1.29, 1.82) is 0 Å². The number of furan rings is 1. The van der Waals surface area contributed by atoms with E-state index in [1.807, 2.05) is 0 Å². The normalized spacial score (nSPS) is 12.1. The molecular weight excluding hydrogens is 412 g/mol. The molecule has 0 saturated heterocycles. The fourth-order valence-corrected chi connectivity index (χ4v) is 5.52. The van der Waals surface area contributed by atoms with E-state index in [-0.39, 0.29) is 0 Å². The molecule has 1 heteroatoms. The number of rotatable bonds is 2. The van der Waals surface area contributed by atoms with E-state index < -0.39 is 0 Å². The second-order valence-electron chi connectivity index (χ2n) is 9.54. The van der Waals surface area contributed by atoms with Crippen LogP contribution in [0.15, 0.2) is 108 Å². The number of benzene rings is 6. The van der Waals surface area contributed by atoms with Gasteiger partial charge in [0.2, 0.25) is 0 Å². The summed E-state index contributed by atoms with van der Waals surface area (Å²) in [4.78, 5) is 0. The van der Waals surface area contributed by atoms with Gasteiger partial charge in [-0.05, 0) is 73.1 Å². The van der Waals surface area contributed by atoms with Gasteiger partial charge in [-0.25, -0.2) is 0 Å². The van der Waals surface area contributed by atoms with Crippen molar-refractivity contribution in [2.24, 2.45) is 0 Å². The minimum Gasteiger partial charge on any atom is -0.456 e. The third-order valence-electron chi connectivity index (χ3n) is 7.24. The predicted molar refractivity (Wildman–Crippen MR) is 146 cm³/mol. The van der Waals surface area contributed by atoms with Crippen LogP contribution in [-0.2, 0) is 0 Å². The van der Waals surface area contributed by atoms with Crippen LogP contribution in [0.2, 0.25) is 0 Å². The van der Waals surface area contributed by atoms with E-state index in [0.29, 0.717) is 5.92 Å². The zero-order valence-corrected chi connectivity index (χ0v) is 19.3. The first kappa shape index (κ1) is 19.4. The van der Waals surface area contributed by atoms with Gasteiger partial charge in [0.1, 0.15) is 11.2 Å². The third kappa shape index (κ3) is 2.74. The second kappa shape index (κ2) is 7.20. The van der Waals surface area contributed by atoms with Crippen LogP contribution in [0.25, 0.3) is 65.4 Å². The van der Waals surface area contributed by atoms with Crippen LogP contribution in [-0.4, -0.2) is 0 Å². The van der Waals surface area contributed by atoms with Gasteiger partial charge < -0.3 is 4.42 Å². The van der Waals surface area contributed by atoms with Gasteiger partial charge in [0.15, 0.2) is 0 Å². The van der Waals surface area contributed by atoms with Crippen molar-refractivity contribution in [3.63, 3.8) is 0 Å². The molecule has 0 unspecified atom stereocenters. The quantitative estimate of drug-likeness (QED) is 0.246. The second-order valence-corrected chi connectivity index (χ2v) is 9.54. The monoisotopic (exact) mass is 436 g/mol. The molecule has 0 atom stereocenters. The van der Waals surface area contributed by atoms with Gasteiger partial charge in [-0.15, -0.1) is 0 Å². The largest absolute Gasteiger partial charge is 0.456 e. The lowest BCUT2D eigenvalue weighted by Gasteiger charge is -2.12. The molecular formula is C33H24O. The summed E-state index contributed by atoms with van der Waals surface area (Å²) >= 11 is 0. The Morgan fingerprint density at radius 1 is 0.500 bits per heavy atom. The Hall–Kier alpha value is -4.10. The standard InChI is InChI=1S/C33H24O/c1-20(2)21-14-17-29-32(19-21)34-31-13-7-12-23(33(29)31)22-15-16-28-26-10-4-3-8-24(26)25-9-5-6-11-27(25)30(28)18-22/h3-20H,1-2H3. The summed E-state index contributed by atoms with van der Waals surface area (Å²) in [6.07, 6.45) is 0. The fraction of sp³-hybridized carbons (Fsp3) is 0.0909. The van der Waals surface area contributed by atoms with E-state index in [1.165, 1.54) is 59.8 Å². The Kier molecular flexibility index (Phi) is 4.10. The Morgan fingerprint density at radius 2 is 1.12 bits per heavy atom. The molecule has 0 saturated carbocycles. The summed E-state index contributed by atoms with van der Waals surface area (Å²) in [6, 6.07) is 37.5. The molecule has 0 aliphatic rings. The summed E-state index contributed by atoms with van der Waals surface area (Å²) in [7, 11) is 0. The third-order valence-corrected chi connectivity index (χ3v) is 7.24. The van der Waals surface area contributed by atoms with E-state index in [1.54, 1.807) is 0 Å². The maximum Gasteiger partial charge on any atom is 0.136 e. The van der Waals surface area contributed by atoms with E-state index in [9.17, 15) is 0 Å². The summed E-state index contributed by atoms with van der Waals surface area (Å²) in [6.45, 7) is 4.44. The first-order valence-electron chi connectivity index (χ1n) is 12.0. The maximum atomic E-state index is 6.32. The molecule has 0 N–H and O–H groups in total. The van der Waals surface area contributed by atoms with Crippen LogP contribution >= 0.6 is 0 Å². The van der Waals surface area contributed by atoms with E-state index in [0.717, 1.165) is 11.2 Å². The average molecular weight is 437 g/mol. The van der Waals surface area contributed by atoms with E-state index in [2.05, 4.69) is 117 Å². The predicted octanol–water partition coefficient (Wildman–Crippen LogP) is 9.84. The summed E-state index contributed by atoms with van der Waals surface area (Å²) < 4.78 is 6.32. The molecule has 6 aromatic carbocycles.